The molecule has 5 heteroatoms. The highest BCUT2D eigenvalue weighted by atomic mass is 32.2. The lowest BCUT2D eigenvalue weighted by molar-refractivity contribution is 0.289. The van der Waals surface area contributed by atoms with Gasteiger partial charge in [0, 0.05) is 19.3 Å². The van der Waals surface area contributed by atoms with Crippen molar-refractivity contribution < 1.29 is 13.2 Å². The highest BCUT2D eigenvalue weighted by Crippen LogP contribution is 2.14. The third kappa shape index (κ3) is 7.87. The van der Waals surface area contributed by atoms with Crippen LogP contribution in [0.3, 0.4) is 0 Å². The first-order valence-corrected chi connectivity index (χ1v) is 9.05. The van der Waals surface area contributed by atoms with Crippen LogP contribution in [-0.2, 0) is 16.4 Å². The zero-order valence-corrected chi connectivity index (χ0v) is 13.9. The van der Waals surface area contributed by atoms with Crippen molar-refractivity contribution in [2.24, 2.45) is 5.92 Å². The molecule has 0 spiro atoms. The molecule has 0 bridgehead atoms. The Balaban J connectivity index is 2.47. The molecule has 0 radical (unpaired) electrons. The van der Waals surface area contributed by atoms with Gasteiger partial charge in [-0.3, -0.25) is 0 Å². The van der Waals surface area contributed by atoms with Gasteiger partial charge >= 0.3 is 0 Å². The Morgan fingerprint density at radius 2 is 1.95 bits per heavy atom. The third-order valence-corrected chi connectivity index (χ3v) is 4.13. The number of hydrogen-bond donors (Lipinski definition) is 0. The van der Waals surface area contributed by atoms with Gasteiger partial charge in [-0.1, -0.05) is 31.7 Å². The van der Waals surface area contributed by atoms with Crippen LogP contribution in [-0.4, -0.2) is 45.5 Å². The van der Waals surface area contributed by atoms with E-state index in [1.54, 1.807) is 6.08 Å². The molecule has 0 saturated heterocycles. The first kappa shape index (κ1) is 17.7. The maximum Gasteiger partial charge on any atom is 0.147 e. The van der Waals surface area contributed by atoms with Crippen LogP contribution in [0.15, 0.2) is 36.9 Å². The fourth-order valence-electron chi connectivity index (χ4n) is 2.32. The standard InChI is InChI=1S/C16H25NO3S/c1-5-10-20-16-8-6-15(7-9-16)12-17(3)11-14(2)13-21(4,18)19/h5-9,14H,1,10-13H2,2-4H3. The van der Waals surface area contributed by atoms with E-state index in [1.807, 2.05) is 38.2 Å². The van der Waals surface area contributed by atoms with Gasteiger partial charge in [0.05, 0.1) is 5.75 Å². The summed E-state index contributed by atoms with van der Waals surface area (Å²) in [5, 5.41) is 0. The van der Waals surface area contributed by atoms with Gasteiger partial charge in [-0.15, -0.1) is 0 Å². The highest BCUT2D eigenvalue weighted by Gasteiger charge is 2.13. The molecule has 1 unspecified atom stereocenters. The molecule has 0 N–H and O–H groups in total. The number of rotatable bonds is 9. The van der Waals surface area contributed by atoms with Crippen LogP contribution < -0.4 is 4.74 Å². The lowest BCUT2D eigenvalue weighted by Gasteiger charge is -2.21. The molecule has 1 rings (SSSR count). The molecule has 0 aliphatic rings. The van der Waals surface area contributed by atoms with Crippen LogP contribution in [0.25, 0.3) is 0 Å². The van der Waals surface area contributed by atoms with Crippen molar-refractivity contribution in [3.8, 4) is 5.75 Å². The van der Waals surface area contributed by atoms with Gasteiger partial charge < -0.3 is 9.64 Å². The van der Waals surface area contributed by atoms with Crippen LogP contribution in [0.1, 0.15) is 12.5 Å². The van der Waals surface area contributed by atoms with Crippen molar-refractivity contribution in [3.05, 3.63) is 42.5 Å². The minimum Gasteiger partial charge on any atom is -0.490 e. The summed E-state index contributed by atoms with van der Waals surface area (Å²) < 4.78 is 28.0. The summed E-state index contributed by atoms with van der Waals surface area (Å²) in [6, 6.07) is 7.92. The van der Waals surface area contributed by atoms with Gasteiger partial charge in [-0.2, -0.15) is 0 Å². The lowest BCUT2D eigenvalue weighted by Crippen LogP contribution is -2.27. The van der Waals surface area contributed by atoms with Crippen molar-refractivity contribution in [1.29, 1.82) is 0 Å². The van der Waals surface area contributed by atoms with Gasteiger partial charge in [-0.25, -0.2) is 8.42 Å². The van der Waals surface area contributed by atoms with E-state index in [0.717, 1.165) is 18.8 Å². The average Bonchev–Trinajstić information content (AvgIpc) is 2.35. The van der Waals surface area contributed by atoms with E-state index in [-0.39, 0.29) is 11.7 Å². The highest BCUT2D eigenvalue weighted by molar-refractivity contribution is 7.90. The van der Waals surface area contributed by atoms with E-state index in [1.165, 1.54) is 11.8 Å². The Kier molecular flexibility index (Phi) is 6.92. The third-order valence-electron chi connectivity index (χ3n) is 2.95. The van der Waals surface area contributed by atoms with E-state index in [4.69, 9.17) is 4.74 Å². The average molecular weight is 311 g/mol. The summed E-state index contributed by atoms with van der Waals surface area (Å²) in [5.74, 6) is 1.18. The van der Waals surface area contributed by atoms with Crippen LogP contribution in [0.2, 0.25) is 0 Å². The second-order valence-electron chi connectivity index (χ2n) is 5.64. The summed E-state index contributed by atoms with van der Waals surface area (Å²) in [7, 11) is -0.907. The molecule has 0 fully saturated rings. The van der Waals surface area contributed by atoms with E-state index in [0.29, 0.717) is 6.61 Å². The smallest absolute Gasteiger partial charge is 0.147 e. The second-order valence-corrected chi connectivity index (χ2v) is 7.82. The molecule has 1 aromatic carbocycles. The summed E-state index contributed by atoms with van der Waals surface area (Å²) in [6.07, 6.45) is 3.00. The lowest BCUT2D eigenvalue weighted by atomic mass is 10.1. The molecule has 0 aliphatic heterocycles. The first-order chi connectivity index (χ1) is 9.80. The molecule has 1 atom stereocenters. The molecule has 0 aliphatic carbocycles. The second kappa shape index (κ2) is 8.20. The summed E-state index contributed by atoms with van der Waals surface area (Å²) in [6.45, 7) is 7.61. The van der Waals surface area contributed by atoms with Gasteiger partial charge in [0.25, 0.3) is 0 Å². The maximum absolute atomic E-state index is 11.3. The van der Waals surface area contributed by atoms with Gasteiger partial charge in [0.2, 0.25) is 0 Å². The van der Waals surface area contributed by atoms with Crippen LogP contribution in [0.4, 0.5) is 0 Å². The molecule has 118 valence electrons. The minimum atomic E-state index is -2.91. The molecule has 4 nitrogen and oxygen atoms in total. The van der Waals surface area contributed by atoms with E-state index >= 15 is 0 Å². The Morgan fingerprint density at radius 3 is 2.48 bits per heavy atom. The Labute approximate surface area is 128 Å². The van der Waals surface area contributed by atoms with Gasteiger partial charge in [0.1, 0.15) is 22.2 Å². The number of nitrogens with zero attached hydrogens (tertiary/aromatic N) is 1. The van der Waals surface area contributed by atoms with Crippen molar-refractivity contribution in [3.63, 3.8) is 0 Å². The molecule has 0 aromatic heterocycles. The summed E-state index contributed by atoms with van der Waals surface area (Å²) in [4.78, 5) is 2.13. The van der Waals surface area contributed by atoms with Crippen molar-refractivity contribution in [2.45, 2.75) is 13.5 Å². The van der Waals surface area contributed by atoms with Crippen LogP contribution in [0, 0.1) is 5.92 Å². The zero-order valence-electron chi connectivity index (χ0n) is 13.1. The van der Waals surface area contributed by atoms with Gasteiger partial charge in [-0.05, 0) is 30.7 Å². The predicted molar refractivity (Wildman–Crippen MR) is 87.3 cm³/mol. The molecule has 0 heterocycles. The summed E-state index contributed by atoms with van der Waals surface area (Å²) in [5.41, 5.74) is 1.18. The number of benzene rings is 1. The quantitative estimate of drug-likeness (QED) is 0.657. The van der Waals surface area contributed by atoms with Crippen molar-refractivity contribution >= 4 is 9.84 Å². The molecule has 21 heavy (non-hydrogen) atoms. The Hall–Kier alpha value is -1.33. The molecule has 0 saturated carbocycles. The van der Waals surface area contributed by atoms with Crippen molar-refractivity contribution in [1.82, 2.24) is 4.90 Å². The largest absolute Gasteiger partial charge is 0.490 e. The van der Waals surface area contributed by atoms with E-state index < -0.39 is 9.84 Å². The SMILES string of the molecule is C=CCOc1ccc(CN(C)CC(C)CS(C)(=O)=O)cc1. The molecular formula is C16H25NO3S. The molecule has 1 aromatic rings. The van der Waals surface area contributed by atoms with E-state index in [9.17, 15) is 8.42 Å². The number of sulfone groups is 1. The fraction of sp³-hybridized carbons (Fsp3) is 0.500. The van der Waals surface area contributed by atoms with Crippen LogP contribution in [0.5, 0.6) is 5.75 Å². The molecule has 0 amide bonds. The Morgan fingerprint density at radius 1 is 1.33 bits per heavy atom. The summed E-state index contributed by atoms with van der Waals surface area (Å²) >= 11 is 0. The van der Waals surface area contributed by atoms with Crippen molar-refractivity contribution in [2.75, 3.05) is 32.2 Å². The Bertz CT molecular complexity index is 537. The van der Waals surface area contributed by atoms with Gasteiger partial charge in [0.15, 0.2) is 0 Å². The maximum atomic E-state index is 11.3. The minimum absolute atomic E-state index is 0.125. The number of ether oxygens (including phenoxy) is 1. The fourth-order valence-corrected chi connectivity index (χ4v) is 3.46. The molecular weight excluding hydrogens is 286 g/mol. The van der Waals surface area contributed by atoms with E-state index in [2.05, 4.69) is 11.5 Å². The normalized spacial score (nSPS) is 13.1. The predicted octanol–water partition coefficient (Wildman–Crippen LogP) is 2.36. The zero-order chi connectivity index (χ0) is 15.9. The van der Waals surface area contributed by atoms with Crippen LogP contribution >= 0.6 is 0 Å². The number of hydrogen-bond acceptors (Lipinski definition) is 4. The first-order valence-electron chi connectivity index (χ1n) is 6.99. The topological polar surface area (TPSA) is 46.6 Å². The monoisotopic (exact) mass is 311 g/mol.